The van der Waals surface area contributed by atoms with Gasteiger partial charge >= 0.3 is 0 Å². The van der Waals surface area contributed by atoms with Crippen LogP contribution in [-0.2, 0) is 13.0 Å². The van der Waals surface area contributed by atoms with Gasteiger partial charge in [-0.3, -0.25) is 4.79 Å². The van der Waals surface area contributed by atoms with Gasteiger partial charge in [0.15, 0.2) is 0 Å². The molecule has 0 fully saturated rings. The Labute approximate surface area is 150 Å². The molecule has 0 saturated heterocycles. The van der Waals surface area contributed by atoms with Gasteiger partial charge in [-0.25, -0.2) is 13.5 Å². The molecular weight excluding hydrogens is 338 g/mol. The zero-order valence-electron chi connectivity index (χ0n) is 14.7. The highest BCUT2D eigenvalue weighted by Crippen LogP contribution is 2.34. The van der Waals surface area contributed by atoms with E-state index in [1.165, 1.54) is 17.8 Å². The molecule has 0 saturated carbocycles. The lowest BCUT2D eigenvalue weighted by Crippen LogP contribution is -2.38. The molecule has 0 aliphatic carbocycles. The number of rotatable bonds is 2. The van der Waals surface area contributed by atoms with Crippen LogP contribution in [0.5, 0.6) is 0 Å². The van der Waals surface area contributed by atoms with Gasteiger partial charge in [-0.1, -0.05) is 24.3 Å². The average Bonchev–Trinajstić information content (AvgIpc) is 3.02. The Morgan fingerprint density at radius 2 is 2.00 bits per heavy atom. The minimum atomic E-state index is -2.67. The van der Waals surface area contributed by atoms with Crippen molar-refractivity contribution in [1.29, 1.82) is 0 Å². The SMILES string of the molecule is CC1(C)C=C(C(F)F)n2ncc(C(=O)N3CCc4ccccc4C3)c2N1. The third kappa shape index (κ3) is 2.77. The molecule has 1 amide bonds. The van der Waals surface area contributed by atoms with Gasteiger partial charge in [-0.05, 0) is 37.5 Å². The van der Waals surface area contributed by atoms with Gasteiger partial charge in [0.2, 0.25) is 0 Å². The minimum Gasteiger partial charge on any atom is -0.361 e. The van der Waals surface area contributed by atoms with Crippen LogP contribution in [0.2, 0.25) is 0 Å². The van der Waals surface area contributed by atoms with Crippen molar-refractivity contribution >= 4 is 17.4 Å². The van der Waals surface area contributed by atoms with Crippen LogP contribution in [0.1, 0.15) is 35.3 Å². The molecule has 3 heterocycles. The van der Waals surface area contributed by atoms with Crippen LogP contribution in [0.25, 0.3) is 5.70 Å². The lowest BCUT2D eigenvalue weighted by molar-refractivity contribution is 0.0735. The highest BCUT2D eigenvalue weighted by molar-refractivity contribution is 5.99. The Morgan fingerprint density at radius 1 is 1.27 bits per heavy atom. The van der Waals surface area contributed by atoms with E-state index in [0.717, 1.165) is 16.7 Å². The van der Waals surface area contributed by atoms with Crippen LogP contribution >= 0.6 is 0 Å². The quantitative estimate of drug-likeness (QED) is 0.895. The van der Waals surface area contributed by atoms with Gasteiger partial charge in [-0.2, -0.15) is 5.10 Å². The number of amides is 1. The molecule has 1 aromatic heterocycles. The summed E-state index contributed by atoms with van der Waals surface area (Å²) >= 11 is 0. The number of fused-ring (bicyclic) bond motifs is 2. The Balaban J connectivity index is 1.67. The van der Waals surface area contributed by atoms with E-state index in [0.29, 0.717) is 24.5 Å². The van der Waals surface area contributed by atoms with Gasteiger partial charge in [-0.15, -0.1) is 0 Å². The van der Waals surface area contributed by atoms with Crippen molar-refractivity contribution in [3.05, 3.63) is 53.2 Å². The van der Waals surface area contributed by atoms with E-state index < -0.39 is 12.0 Å². The summed E-state index contributed by atoms with van der Waals surface area (Å²) in [7, 11) is 0. The van der Waals surface area contributed by atoms with Gasteiger partial charge in [0.05, 0.1) is 11.7 Å². The van der Waals surface area contributed by atoms with Crippen LogP contribution in [0, 0.1) is 0 Å². The van der Waals surface area contributed by atoms with Crippen molar-refractivity contribution in [2.45, 2.75) is 38.8 Å². The number of anilines is 1. The molecule has 4 rings (SSSR count). The van der Waals surface area contributed by atoms with E-state index >= 15 is 0 Å². The fraction of sp³-hybridized carbons (Fsp3) is 0.368. The molecule has 0 bridgehead atoms. The van der Waals surface area contributed by atoms with Crippen molar-refractivity contribution < 1.29 is 13.6 Å². The number of nitrogens with zero attached hydrogens (tertiary/aromatic N) is 3. The standard InChI is InChI=1S/C19H20F2N4O/c1-19(2)9-15(16(20)21)25-17(23-19)14(10-22-25)18(26)24-8-7-12-5-3-4-6-13(12)11-24/h3-6,9-10,16,23H,7-8,11H2,1-2H3. The topological polar surface area (TPSA) is 50.2 Å². The predicted molar refractivity (Wildman–Crippen MR) is 95.1 cm³/mol. The zero-order valence-corrected chi connectivity index (χ0v) is 14.7. The van der Waals surface area contributed by atoms with Crippen molar-refractivity contribution in [1.82, 2.24) is 14.7 Å². The van der Waals surface area contributed by atoms with E-state index in [4.69, 9.17) is 0 Å². The molecule has 136 valence electrons. The number of benzene rings is 1. The third-order valence-electron chi connectivity index (χ3n) is 4.83. The Bertz CT molecular complexity index is 901. The maximum Gasteiger partial charge on any atom is 0.280 e. The first-order valence-corrected chi connectivity index (χ1v) is 8.59. The first kappa shape index (κ1) is 16.8. The summed E-state index contributed by atoms with van der Waals surface area (Å²) in [6.07, 6.45) is 0.943. The highest BCUT2D eigenvalue weighted by atomic mass is 19.3. The zero-order chi connectivity index (χ0) is 18.5. The molecular formula is C19H20F2N4O. The second kappa shape index (κ2) is 5.93. The van der Waals surface area contributed by atoms with Crippen molar-refractivity contribution in [3.8, 4) is 0 Å². The van der Waals surface area contributed by atoms with E-state index in [1.807, 2.05) is 18.2 Å². The summed E-state index contributed by atoms with van der Waals surface area (Å²) < 4.78 is 28.0. The lowest BCUT2D eigenvalue weighted by atomic mass is 9.99. The molecule has 7 heteroatoms. The summed E-state index contributed by atoms with van der Waals surface area (Å²) in [5.41, 5.74) is 1.80. The number of aromatic nitrogens is 2. The smallest absolute Gasteiger partial charge is 0.280 e. The molecule has 1 aromatic carbocycles. The molecule has 0 spiro atoms. The Morgan fingerprint density at radius 3 is 2.73 bits per heavy atom. The van der Waals surface area contributed by atoms with E-state index in [-0.39, 0.29) is 11.6 Å². The number of hydrogen-bond acceptors (Lipinski definition) is 3. The van der Waals surface area contributed by atoms with Gasteiger partial charge in [0.1, 0.15) is 17.1 Å². The first-order valence-electron chi connectivity index (χ1n) is 8.59. The molecule has 0 unspecified atom stereocenters. The molecule has 26 heavy (non-hydrogen) atoms. The third-order valence-corrected chi connectivity index (χ3v) is 4.83. The second-order valence-corrected chi connectivity index (χ2v) is 7.28. The summed E-state index contributed by atoms with van der Waals surface area (Å²) in [5, 5.41) is 7.20. The highest BCUT2D eigenvalue weighted by Gasteiger charge is 2.34. The van der Waals surface area contributed by atoms with Crippen molar-refractivity contribution in [2.75, 3.05) is 11.9 Å². The van der Waals surface area contributed by atoms with Crippen LogP contribution < -0.4 is 5.32 Å². The number of alkyl halides is 2. The van der Waals surface area contributed by atoms with Crippen LogP contribution in [0.4, 0.5) is 14.6 Å². The van der Waals surface area contributed by atoms with Gasteiger partial charge in [0.25, 0.3) is 12.3 Å². The Hall–Kier alpha value is -2.70. The van der Waals surface area contributed by atoms with E-state index in [9.17, 15) is 13.6 Å². The lowest BCUT2D eigenvalue weighted by Gasteiger charge is -2.32. The molecule has 0 atom stereocenters. The summed E-state index contributed by atoms with van der Waals surface area (Å²) in [6, 6.07) is 8.04. The monoisotopic (exact) mass is 358 g/mol. The van der Waals surface area contributed by atoms with Gasteiger partial charge in [0, 0.05) is 13.1 Å². The molecule has 2 aliphatic heterocycles. The minimum absolute atomic E-state index is 0.195. The molecule has 0 radical (unpaired) electrons. The second-order valence-electron chi connectivity index (χ2n) is 7.28. The van der Waals surface area contributed by atoms with Crippen LogP contribution in [-0.4, -0.2) is 39.1 Å². The number of carbonyl (C=O) groups is 1. The molecule has 1 N–H and O–H groups in total. The maximum atomic E-state index is 13.4. The predicted octanol–water partition coefficient (Wildman–Crippen LogP) is 3.39. The summed E-state index contributed by atoms with van der Waals surface area (Å²) in [6.45, 7) is 4.69. The average molecular weight is 358 g/mol. The summed E-state index contributed by atoms with van der Waals surface area (Å²) in [4.78, 5) is 14.8. The Kier molecular flexibility index (Phi) is 3.82. The fourth-order valence-corrected chi connectivity index (χ4v) is 3.59. The van der Waals surface area contributed by atoms with Crippen molar-refractivity contribution in [2.24, 2.45) is 0 Å². The van der Waals surface area contributed by atoms with E-state index in [1.54, 1.807) is 18.7 Å². The largest absolute Gasteiger partial charge is 0.361 e. The van der Waals surface area contributed by atoms with Crippen molar-refractivity contribution in [3.63, 3.8) is 0 Å². The summed E-state index contributed by atoms with van der Waals surface area (Å²) in [5.74, 6) is 0.135. The number of halogens is 2. The number of allylic oxidation sites excluding steroid dienone is 1. The maximum absolute atomic E-state index is 13.4. The normalized spacial score (nSPS) is 18.0. The molecule has 2 aliphatic rings. The van der Waals surface area contributed by atoms with Crippen LogP contribution in [0.15, 0.2) is 36.5 Å². The number of hydrogen-bond donors (Lipinski definition) is 1. The molecule has 5 nitrogen and oxygen atoms in total. The molecule has 2 aromatic rings. The number of carbonyl (C=O) groups excluding carboxylic acids is 1. The fourth-order valence-electron chi connectivity index (χ4n) is 3.59. The van der Waals surface area contributed by atoms with Crippen LogP contribution in [0.3, 0.4) is 0 Å². The number of nitrogens with one attached hydrogen (secondary N) is 1. The van der Waals surface area contributed by atoms with Gasteiger partial charge < -0.3 is 10.2 Å². The first-order chi connectivity index (χ1) is 12.4. The van der Waals surface area contributed by atoms with E-state index in [2.05, 4.69) is 16.5 Å².